The Labute approximate surface area is 110 Å². The fraction of sp³-hybridized carbons (Fsp3) is 0.294. The molecule has 1 nitrogen and oxygen atoms in total. The Bertz CT molecular complexity index is 559. The lowest BCUT2D eigenvalue weighted by molar-refractivity contribution is 1.26. The zero-order valence-electron chi connectivity index (χ0n) is 11.9. The molecule has 18 heavy (non-hydrogen) atoms. The topological polar surface area (TPSA) is 12.0 Å². The summed E-state index contributed by atoms with van der Waals surface area (Å²) in [6.07, 6.45) is 0. The maximum atomic E-state index is 3.48. The molecule has 0 spiro atoms. The highest BCUT2D eigenvalue weighted by Crippen LogP contribution is 2.23. The van der Waals surface area contributed by atoms with Crippen LogP contribution in [0.25, 0.3) is 0 Å². The Kier molecular flexibility index (Phi) is 3.42. The van der Waals surface area contributed by atoms with Gasteiger partial charge in [0.1, 0.15) is 0 Å². The molecule has 1 heteroatoms. The van der Waals surface area contributed by atoms with Gasteiger partial charge in [-0.05, 0) is 86.7 Å². The smallest absolute Gasteiger partial charge is 0.0389 e. The highest BCUT2D eigenvalue weighted by Gasteiger charge is 2.02. The van der Waals surface area contributed by atoms with Gasteiger partial charge in [-0.1, -0.05) is 6.07 Å². The Balaban J connectivity index is 2.31. The highest BCUT2D eigenvalue weighted by atomic mass is 14.9. The molecule has 0 radical (unpaired) electrons. The first kappa shape index (κ1) is 12.7. The van der Waals surface area contributed by atoms with Crippen molar-refractivity contribution in [3.05, 3.63) is 58.1 Å². The first-order valence-electron chi connectivity index (χ1n) is 6.39. The number of hydrogen-bond acceptors (Lipinski definition) is 1. The predicted molar refractivity (Wildman–Crippen MR) is 79.9 cm³/mol. The Morgan fingerprint density at radius 1 is 0.611 bits per heavy atom. The summed E-state index contributed by atoms with van der Waals surface area (Å²) in [5.74, 6) is 0. The molecule has 0 saturated carbocycles. The molecule has 0 aromatic heterocycles. The molecule has 0 unspecified atom stereocenters. The van der Waals surface area contributed by atoms with Crippen LogP contribution in [0, 0.1) is 34.6 Å². The molecule has 0 atom stereocenters. The van der Waals surface area contributed by atoms with E-state index in [0.717, 1.165) is 5.69 Å². The summed E-state index contributed by atoms with van der Waals surface area (Å²) in [6.45, 7) is 10.8. The van der Waals surface area contributed by atoms with E-state index in [1.807, 2.05) is 0 Å². The lowest BCUT2D eigenvalue weighted by Gasteiger charge is -2.12. The maximum Gasteiger partial charge on any atom is 0.0389 e. The van der Waals surface area contributed by atoms with Gasteiger partial charge in [0, 0.05) is 11.4 Å². The number of rotatable bonds is 2. The average molecular weight is 239 g/mol. The molecule has 0 aliphatic rings. The fourth-order valence-corrected chi connectivity index (χ4v) is 2.09. The van der Waals surface area contributed by atoms with Gasteiger partial charge < -0.3 is 5.32 Å². The van der Waals surface area contributed by atoms with Crippen molar-refractivity contribution >= 4 is 11.4 Å². The summed E-state index contributed by atoms with van der Waals surface area (Å²) in [5, 5.41) is 3.48. The fourth-order valence-electron chi connectivity index (χ4n) is 2.09. The van der Waals surface area contributed by atoms with Crippen molar-refractivity contribution < 1.29 is 0 Å². The first-order chi connectivity index (χ1) is 8.47. The van der Waals surface area contributed by atoms with E-state index in [9.17, 15) is 0 Å². The van der Waals surface area contributed by atoms with Gasteiger partial charge in [-0.3, -0.25) is 0 Å². The minimum Gasteiger partial charge on any atom is -0.356 e. The van der Waals surface area contributed by atoms with E-state index in [1.165, 1.54) is 33.5 Å². The first-order valence-corrected chi connectivity index (χ1v) is 6.39. The van der Waals surface area contributed by atoms with Gasteiger partial charge in [-0.15, -0.1) is 0 Å². The molecule has 0 saturated heterocycles. The third kappa shape index (κ3) is 2.56. The summed E-state index contributed by atoms with van der Waals surface area (Å²) >= 11 is 0. The van der Waals surface area contributed by atoms with Crippen LogP contribution < -0.4 is 5.32 Å². The van der Waals surface area contributed by atoms with Gasteiger partial charge in [-0.2, -0.15) is 0 Å². The van der Waals surface area contributed by atoms with E-state index in [0.29, 0.717) is 0 Å². The van der Waals surface area contributed by atoms with E-state index < -0.39 is 0 Å². The number of nitrogens with one attached hydrogen (secondary N) is 1. The molecule has 2 aromatic carbocycles. The molecule has 0 heterocycles. The molecule has 2 aromatic rings. The second kappa shape index (κ2) is 4.85. The Morgan fingerprint density at radius 3 is 1.72 bits per heavy atom. The van der Waals surface area contributed by atoms with Crippen molar-refractivity contribution in [1.82, 2.24) is 0 Å². The lowest BCUT2D eigenvalue weighted by atomic mass is 10.0. The predicted octanol–water partition coefficient (Wildman–Crippen LogP) is 4.97. The van der Waals surface area contributed by atoms with Crippen LogP contribution in [0.2, 0.25) is 0 Å². The van der Waals surface area contributed by atoms with Crippen LogP contribution in [0.1, 0.15) is 27.8 Å². The van der Waals surface area contributed by atoms with Crippen LogP contribution in [0.3, 0.4) is 0 Å². The van der Waals surface area contributed by atoms with E-state index in [-0.39, 0.29) is 0 Å². The normalized spacial score (nSPS) is 10.5. The van der Waals surface area contributed by atoms with Crippen molar-refractivity contribution in [3.8, 4) is 0 Å². The Hall–Kier alpha value is -1.76. The third-order valence-corrected chi connectivity index (χ3v) is 3.72. The van der Waals surface area contributed by atoms with Crippen LogP contribution in [0.5, 0.6) is 0 Å². The van der Waals surface area contributed by atoms with Gasteiger partial charge in [0.05, 0.1) is 0 Å². The molecule has 1 N–H and O–H groups in total. The largest absolute Gasteiger partial charge is 0.356 e. The van der Waals surface area contributed by atoms with E-state index in [1.54, 1.807) is 0 Å². The average Bonchev–Trinajstić information content (AvgIpc) is 2.31. The molecule has 0 aliphatic carbocycles. The van der Waals surface area contributed by atoms with Crippen LogP contribution in [0.4, 0.5) is 11.4 Å². The summed E-state index contributed by atoms with van der Waals surface area (Å²) < 4.78 is 0. The second-order valence-corrected chi connectivity index (χ2v) is 5.16. The minimum atomic E-state index is 1.15. The molecule has 0 bridgehead atoms. The van der Waals surface area contributed by atoms with Crippen molar-refractivity contribution in [3.63, 3.8) is 0 Å². The summed E-state index contributed by atoms with van der Waals surface area (Å²) in [6, 6.07) is 10.9. The van der Waals surface area contributed by atoms with Crippen molar-refractivity contribution in [1.29, 1.82) is 0 Å². The van der Waals surface area contributed by atoms with Crippen molar-refractivity contribution in [2.24, 2.45) is 0 Å². The number of hydrogen-bond donors (Lipinski definition) is 1. The second-order valence-electron chi connectivity index (χ2n) is 5.16. The van der Waals surface area contributed by atoms with Crippen LogP contribution in [-0.4, -0.2) is 0 Å². The summed E-state index contributed by atoms with van der Waals surface area (Å²) in [7, 11) is 0. The van der Waals surface area contributed by atoms with Crippen LogP contribution in [0.15, 0.2) is 30.3 Å². The lowest BCUT2D eigenvalue weighted by Crippen LogP contribution is -1.95. The maximum absolute atomic E-state index is 3.48. The minimum absolute atomic E-state index is 1.15. The molecule has 0 fully saturated rings. The van der Waals surface area contributed by atoms with Gasteiger partial charge in [0.15, 0.2) is 0 Å². The molecule has 0 aliphatic heterocycles. The summed E-state index contributed by atoms with van der Waals surface area (Å²) in [5.41, 5.74) is 9.01. The zero-order chi connectivity index (χ0) is 13.3. The third-order valence-electron chi connectivity index (χ3n) is 3.72. The quantitative estimate of drug-likeness (QED) is 0.780. The number of aryl methyl sites for hydroxylation is 4. The van der Waals surface area contributed by atoms with Crippen LogP contribution in [-0.2, 0) is 0 Å². The number of anilines is 2. The monoisotopic (exact) mass is 239 g/mol. The van der Waals surface area contributed by atoms with E-state index in [2.05, 4.69) is 70.3 Å². The zero-order valence-corrected chi connectivity index (χ0v) is 11.9. The van der Waals surface area contributed by atoms with Gasteiger partial charge in [-0.25, -0.2) is 0 Å². The Morgan fingerprint density at radius 2 is 1.17 bits per heavy atom. The number of benzene rings is 2. The highest BCUT2D eigenvalue weighted by molar-refractivity contribution is 5.63. The van der Waals surface area contributed by atoms with Gasteiger partial charge in [0.25, 0.3) is 0 Å². The molecular formula is C17H21N. The van der Waals surface area contributed by atoms with Crippen molar-refractivity contribution in [2.45, 2.75) is 34.6 Å². The molecule has 0 amide bonds. The standard InChI is InChI=1S/C17H21N/c1-11-6-7-16(8-12(11)2)18-17-9-13(3)15(5)14(4)10-17/h6-10,18H,1-5H3. The molecule has 2 rings (SSSR count). The van der Waals surface area contributed by atoms with Gasteiger partial charge in [0.2, 0.25) is 0 Å². The van der Waals surface area contributed by atoms with Gasteiger partial charge >= 0.3 is 0 Å². The molecular weight excluding hydrogens is 218 g/mol. The van der Waals surface area contributed by atoms with E-state index in [4.69, 9.17) is 0 Å². The van der Waals surface area contributed by atoms with E-state index >= 15 is 0 Å². The van der Waals surface area contributed by atoms with Crippen LogP contribution >= 0.6 is 0 Å². The molecule has 94 valence electrons. The SMILES string of the molecule is Cc1ccc(Nc2cc(C)c(C)c(C)c2)cc1C. The van der Waals surface area contributed by atoms with Crippen molar-refractivity contribution in [2.75, 3.05) is 5.32 Å². The summed E-state index contributed by atoms with van der Waals surface area (Å²) in [4.78, 5) is 0.